The average molecular weight is 311 g/mol. The SMILES string of the molecule is CC(C)[C@H](OC(=O)c1ccccc1)C(=O)NCc1ccccc1. The largest absolute Gasteiger partial charge is 0.448 e. The van der Waals surface area contributed by atoms with E-state index >= 15 is 0 Å². The number of nitrogens with one attached hydrogen (secondary N) is 1. The van der Waals surface area contributed by atoms with Gasteiger partial charge in [-0.2, -0.15) is 0 Å². The highest BCUT2D eigenvalue weighted by atomic mass is 16.5. The van der Waals surface area contributed by atoms with Crippen LogP contribution >= 0.6 is 0 Å². The van der Waals surface area contributed by atoms with Gasteiger partial charge in [0.25, 0.3) is 5.91 Å². The summed E-state index contributed by atoms with van der Waals surface area (Å²) >= 11 is 0. The van der Waals surface area contributed by atoms with E-state index in [1.807, 2.05) is 50.2 Å². The van der Waals surface area contributed by atoms with Gasteiger partial charge >= 0.3 is 5.97 Å². The molecule has 120 valence electrons. The highest BCUT2D eigenvalue weighted by molar-refractivity contribution is 5.92. The molecular weight excluding hydrogens is 290 g/mol. The molecule has 0 saturated heterocycles. The Labute approximate surface area is 136 Å². The number of rotatable bonds is 6. The number of benzene rings is 2. The van der Waals surface area contributed by atoms with Crippen LogP contribution in [-0.4, -0.2) is 18.0 Å². The van der Waals surface area contributed by atoms with E-state index in [1.165, 1.54) is 0 Å². The van der Waals surface area contributed by atoms with E-state index in [9.17, 15) is 9.59 Å². The van der Waals surface area contributed by atoms with Gasteiger partial charge in [0.2, 0.25) is 0 Å². The second-order valence-corrected chi connectivity index (χ2v) is 5.64. The molecule has 0 heterocycles. The number of esters is 1. The number of amides is 1. The molecule has 1 amide bonds. The van der Waals surface area contributed by atoms with Crippen LogP contribution in [0.15, 0.2) is 60.7 Å². The fourth-order valence-corrected chi connectivity index (χ4v) is 2.14. The minimum Gasteiger partial charge on any atom is -0.448 e. The molecule has 23 heavy (non-hydrogen) atoms. The number of hydrogen-bond donors (Lipinski definition) is 1. The van der Waals surface area contributed by atoms with Crippen molar-refractivity contribution in [2.45, 2.75) is 26.5 Å². The smallest absolute Gasteiger partial charge is 0.338 e. The Hall–Kier alpha value is -2.62. The Balaban J connectivity index is 1.97. The number of ether oxygens (including phenoxy) is 1. The molecule has 4 nitrogen and oxygen atoms in total. The molecule has 0 radical (unpaired) electrons. The summed E-state index contributed by atoms with van der Waals surface area (Å²) in [6, 6.07) is 18.3. The lowest BCUT2D eigenvalue weighted by molar-refractivity contribution is -0.132. The monoisotopic (exact) mass is 311 g/mol. The summed E-state index contributed by atoms with van der Waals surface area (Å²) in [5.74, 6) is -0.884. The maximum Gasteiger partial charge on any atom is 0.338 e. The third-order valence-electron chi connectivity index (χ3n) is 3.42. The molecule has 0 fully saturated rings. The van der Waals surface area contributed by atoms with E-state index in [2.05, 4.69) is 5.32 Å². The summed E-state index contributed by atoms with van der Waals surface area (Å²) in [6.07, 6.45) is -0.814. The van der Waals surface area contributed by atoms with Crippen LogP contribution in [0.1, 0.15) is 29.8 Å². The molecule has 2 rings (SSSR count). The number of carbonyl (C=O) groups is 2. The van der Waals surface area contributed by atoms with E-state index in [4.69, 9.17) is 4.74 Å². The maximum absolute atomic E-state index is 12.3. The lowest BCUT2D eigenvalue weighted by atomic mass is 10.1. The molecule has 0 bridgehead atoms. The van der Waals surface area contributed by atoms with Crippen molar-refractivity contribution in [3.05, 3.63) is 71.8 Å². The second kappa shape index (κ2) is 8.13. The predicted molar refractivity (Wildman–Crippen MR) is 88.8 cm³/mol. The van der Waals surface area contributed by atoms with Crippen LogP contribution in [0.2, 0.25) is 0 Å². The fraction of sp³-hybridized carbons (Fsp3) is 0.263. The average Bonchev–Trinajstić information content (AvgIpc) is 2.58. The van der Waals surface area contributed by atoms with Crippen LogP contribution in [0, 0.1) is 5.92 Å². The Morgan fingerprint density at radius 2 is 1.52 bits per heavy atom. The van der Waals surface area contributed by atoms with Gasteiger partial charge in [0.1, 0.15) is 0 Å². The van der Waals surface area contributed by atoms with Gasteiger partial charge in [0, 0.05) is 6.54 Å². The summed E-state index contributed by atoms with van der Waals surface area (Å²) in [4.78, 5) is 24.5. The van der Waals surface area contributed by atoms with E-state index in [0.29, 0.717) is 12.1 Å². The minimum absolute atomic E-state index is 0.113. The first-order valence-electron chi connectivity index (χ1n) is 7.65. The molecule has 2 aromatic carbocycles. The van der Waals surface area contributed by atoms with Gasteiger partial charge in [-0.15, -0.1) is 0 Å². The van der Waals surface area contributed by atoms with Gasteiger partial charge in [-0.05, 0) is 23.6 Å². The molecule has 1 atom stereocenters. The molecule has 1 N–H and O–H groups in total. The van der Waals surface area contributed by atoms with Gasteiger partial charge in [-0.1, -0.05) is 62.4 Å². The zero-order valence-electron chi connectivity index (χ0n) is 13.4. The van der Waals surface area contributed by atoms with Crippen molar-refractivity contribution in [1.82, 2.24) is 5.32 Å². The standard InChI is InChI=1S/C19H21NO3/c1-14(2)17(23-19(22)16-11-7-4-8-12-16)18(21)20-13-15-9-5-3-6-10-15/h3-12,14,17H,13H2,1-2H3,(H,20,21)/t17-/m0/s1. The highest BCUT2D eigenvalue weighted by Crippen LogP contribution is 2.11. The summed E-state index contributed by atoms with van der Waals surface area (Å²) < 4.78 is 5.40. The Morgan fingerprint density at radius 3 is 2.09 bits per heavy atom. The second-order valence-electron chi connectivity index (χ2n) is 5.64. The third-order valence-corrected chi connectivity index (χ3v) is 3.42. The van der Waals surface area contributed by atoms with Gasteiger partial charge < -0.3 is 10.1 Å². The summed E-state index contributed by atoms with van der Waals surface area (Å²) in [5, 5.41) is 2.82. The van der Waals surface area contributed by atoms with Gasteiger partial charge in [0.05, 0.1) is 5.56 Å². The van der Waals surface area contributed by atoms with Crippen molar-refractivity contribution in [2.75, 3.05) is 0 Å². The van der Waals surface area contributed by atoms with Gasteiger partial charge in [0.15, 0.2) is 6.10 Å². The molecule has 2 aromatic rings. The molecule has 0 saturated carbocycles. The van der Waals surface area contributed by atoms with Crippen molar-refractivity contribution in [1.29, 1.82) is 0 Å². The van der Waals surface area contributed by atoms with Crippen molar-refractivity contribution >= 4 is 11.9 Å². The summed E-state index contributed by atoms with van der Waals surface area (Å²) in [6.45, 7) is 4.11. The van der Waals surface area contributed by atoms with Gasteiger partial charge in [-0.3, -0.25) is 4.79 Å². The normalized spacial score (nSPS) is 11.8. The van der Waals surface area contributed by atoms with Crippen LogP contribution in [0.5, 0.6) is 0 Å². The fourth-order valence-electron chi connectivity index (χ4n) is 2.14. The third kappa shape index (κ3) is 4.95. The maximum atomic E-state index is 12.3. The first kappa shape index (κ1) is 16.7. The van der Waals surface area contributed by atoms with E-state index in [1.54, 1.807) is 24.3 Å². The first-order chi connectivity index (χ1) is 11.1. The summed E-state index contributed by atoms with van der Waals surface area (Å²) in [5.41, 5.74) is 1.44. The van der Waals surface area contributed by atoms with Crippen LogP contribution in [0.25, 0.3) is 0 Å². The number of carbonyl (C=O) groups excluding carboxylic acids is 2. The first-order valence-corrected chi connectivity index (χ1v) is 7.65. The Bertz CT molecular complexity index is 638. The molecule has 0 spiro atoms. The van der Waals surface area contributed by atoms with Crippen LogP contribution in [-0.2, 0) is 16.1 Å². The quantitative estimate of drug-likeness (QED) is 0.834. The zero-order valence-corrected chi connectivity index (χ0v) is 13.4. The molecule has 0 unspecified atom stereocenters. The Morgan fingerprint density at radius 1 is 0.957 bits per heavy atom. The molecule has 0 aliphatic heterocycles. The number of hydrogen-bond acceptors (Lipinski definition) is 3. The molecule has 0 aromatic heterocycles. The van der Waals surface area contributed by atoms with Gasteiger partial charge in [-0.25, -0.2) is 4.79 Å². The van der Waals surface area contributed by atoms with Crippen LogP contribution in [0.3, 0.4) is 0 Å². The van der Waals surface area contributed by atoms with E-state index < -0.39 is 12.1 Å². The van der Waals surface area contributed by atoms with Crippen molar-refractivity contribution < 1.29 is 14.3 Å². The lowest BCUT2D eigenvalue weighted by Gasteiger charge is -2.20. The topological polar surface area (TPSA) is 55.4 Å². The Kier molecular flexibility index (Phi) is 5.92. The molecule has 0 aliphatic carbocycles. The van der Waals surface area contributed by atoms with E-state index in [0.717, 1.165) is 5.56 Å². The van der Waals surface area contributed by atoms with E-state index in [-0.39, 0.29) is 11.8 Å². The molecule has 0 aliphatic rings. The van der Waals surface area contributed by atoms with Crippen LogP contribution in [0.4, 0.5) is 0 Å². The molecular formula is C19H21NO3. The summed E-state index contributed by atoms with van der Waals surface area (Å²) in [7, 11) is 0. The minimum atomic E-state index is -0.814. The predicted octanol–water partition coefficient (Wildman–Crippen LogP) is 3.18. The zero-order chi connectivity index (χ0) is 16.7. The molecule has 4 heteroatoms. The van der Waals surface area contributed by atoms with Crippen molar-refractivity contribution in [3.8, 4) is 0 Å². The highest BCUT2D eigenvalue weighted by Gasteiger charge is 2.26. The lowest BCUT2D eigenvalue weighted by Crippen LogP contribution is -2.40. The van der Waals surface area contributed by atoms with Crippen molar-refractivity contribution in [2.24, 2.45) is 5.92 Å². The van der Waals surface area contributed by atoms with Crippen molar-refractivity contribution in [3.63, 3.8) is 0 Å². The van der Waals surface area contributed by atoms with Crippen LogP contribution < -0.4 is 5.32 Å².